The molecular formula is C7H15NO6S. The molecule has 0 aromatic heterocycles. The third-order valence-electron chi connectivity index (χ3n) is 0.910. The van der Waals surface area contributed by atoms with Gasteiger partial charge in [0.1, 0.15) is 6.61 Å². The van der Waals surface area contributed by atoms with Crippen LogP contribution >= 0.6 is 0 Å². The van der Waals surface area contributed by atoms with Crippen molar-refractivity contribution < 1.29 is 26.7 Å². The molecule has 0 aromatic carbocycles. The molecule has 0 fully saturated rings. The van der Waals surface area contributed by atoms with Gasteiger partial charge in [-0.3, -0.25) is 8.74 Å². The first-order chi connectivity index (χ1) is 6.74. The smallest absolute Gasteiger partial charge is 0.397 e. The molecule has 7 nitrogen and oxygen atoms in total. The molecule has 0 rings (SSSR count). The first kappa shape index (κ1) is 16.5. The summed E-state index contributed by atoms with van der Waals surface area (Å²) in [5.74, 6) is -0.375. The highest BCUT2D eigenvalue weighted by molar-refractivity contribution is 7.80. The second-order valence-electron chi connectivity index (χ2n) is 2.30. The van der Waals surface area contributed by atoms with Gasteiger partial charge in [-0.05, 0) is 6.92 Å². The average molecular weight is 241 g/mol. The van der Waals surface area contributed by atoms with Crippen molar-refractivity contribution in [2.45, 2.75) is 6.92 Å². The largest absolute Gasteiger partial charge is 0.461 e. The molecule has 90 valence electrons. The van der Waals surface area contributed by atoms with E-state index in [0.717, 1.165) is 7.11 Å². The zero-order valence-electron chi connectivity index (χ0n) is 8.60. The lowest BCUT2D eigenvalue weighted by Gasteiger charge is -1.99. The summed E-state index contributed by atoms with van der Waals surface area (Å²) in [5.41, 5.74) is 5.48. The number of nitrogens with two attached hydrogens (primary N) is 1. The van der Waals surface area contributed by atoms with Crippen LogP contribution in [0.25, 0.3) is 0 Å². The molecule has 0 aliphatic carbocycles. The summed E-state index contributed by atoms with van der Waals surface area (Å²) in [6.45, 7) is 5.62. The molecule has 0 bridgehead atoms. The van der Waals surface area contributed by atoms with Crippen LogP contribution in [0.4, 0.5) is 0 Å². The molecule has 8 heteroatoms. The highest BCUT2D eigenvalue weighted by atomic mass is 32.3. The fraction of sp³-hybridized carbons (Fsp3) is 0.571. The summed E-state index contributed by atoms with van der Waals surface area (Å²) < 4.78 is 34.3. The molecule has 0 saturated heterocycles. The molecule has 0 spiro atoms. The second kappa shape index (κ2) is 8.36. The van der Waals surface area contributed by atoms with Crippen LogP contribution < -0.4 is 5.73 Å². The number of carbonyl (C=O) groups excluding carboxylic acids is 1. The Morgan fingerprint density at radius 2 is 1.93 bits per heavy atom. The number of esters is 1. The maximum atomic E-state index is 10.5. The maximum absolute atomic E-state index is 10.5. The molecule has 0 radical (unpaired) electrons. The Balaban J connectivity index is 0. The number of hydrogen-bond donors (Lipinski definition) is 2. The van der Waals surface area contributed by atoms with Crippen LogP contribution in [0.2, 0.25) is 0 Å². The molecule has 0 saturated carbocycles. The molecule has 0 heterocycles. The minimum atomic E-state index is -4.16. The van der Waals surface area contributed by atoms with Crippen molar-refractivity contribution in [3.8, 4) is 0 Å². The molecule has 0 amide bonds. The first-order valence-electron chi connectivity index (χ1n) is 3.80. The van der Waals surface area contributed by atoms with E-state index in [0.29, 0.717) is 12.1 Å². The van der Waals surface area contributed by atoms with Crippen molar-refractivity contribution in [1.82, 2.24) is 0 Å². The quantitative estimate of drug-likeness (QED) is 0.387. The summed E-state index contributed by atoms with van der Waals surface area (Å²) in [6, 6.07) is 0. The van der Waals surface area contributed by atoms with E-state index in [1.807, 2.05) is 0 Å². The molecule has 3 N–H and O–H groups in total. The normalized spacial score (nSPS) is 9.87. The topological polar surface area (TPSA) is 116 Å². The molecule has 0 unspecified atom stereocenters. The Hall–Kier alpha value is -0.960. The van der Waals surface area contributed by atoms with E-state index in [2.05, 4.69) is 15.5 Å². The maximum Gasteiger partial charge on any atom is 0.397 e. The van der Waals surface area contributed by atoms with Gasteiger partial charge in [0.25, 0.3) is 0 Å². The van der Waals surface area contributed by atoms with E-state index >= 15 is 0 Å². The van der Waals surface area contributed by atoms with Gasteiger partial charge >= 0.3 is 16.4 Å². The third kappa shape index (κ3) is 15.8. The highest BCUT2D eigenvalue weighted by Gasteiger charge is 1.99. The second-order valence-corrected chi connectivity index (χ2v) is 3.49. The van der Waals surface area contributed by atoms with Gasteiger partial charge in [-0.1, -0.05) is 6.58 Å². The fourth-order valence-electron chi connectivity index (χ4n) is 0.275. The predicted molar refractivity (Wildman–Crippen MR) is 53.4 cm³/mol. The Labute approximate surface area is 88.8 Å². The monoisotopic (exact) mass is 241 g/mol. The van der Waals surface area contributed by atoms with E-state index in [1.54, 1.807) is 6.92 Å². The van der Waals surface area contributed by atoms with Gasteiger partial charge in [0.05, 0.1) is 7.11 Å². The van der Waals surface area contributed by atoms with Crippen molar-refractivity contribution in [3.05, 3.63) is 12.2 Å². The molecule has 0 aliphatic rings. The minimum absolute atomic E-state index is 0.270. The van der Waals surface area contributed by atoms with E-state index in [9.17, 15) is 13.2 Å². The van der Waals surface area contributed by atoms with Crippen LogP contribution in [0.1, 0.15) is 6.92 Å². The molecule has 15 heavy (non-hydrogen) atoms. The van der Waals surface area contributed by atoms with E-state index in [4.69, 9.17) is 10.3 Å². The van der Waals surface area contributed by atoms with Crippen molar-refractivity contribution in [3.63, 3.8) is 0 Å². The lowest BCUT2D eigenvalue weighted by atomic mass is 10.4. The molecule has 0 aliphatic heterocycles. The summed E-state index contributed by atoms with van der Waals surface area (Å²) in [7, 11) is -3.29. The minimum Gasteiger partial charge on any atom is -0.461 e. The van der Waals surface area contributed by atoms with Crippen LogP contribution in [-0.2, 0) is 24.1 Å². The third-order valence-corrected chi connectivity index (χ3v) is 1.33. The predicted octanol–water partition coefficient (Wildman–Crippen LogP) is -0.500. The van der Waals surface area contributed by atoms with Gasteiger partial charge in [-0.2, -0.15) is 8.42 Å². The Morgan fingerprint density at radius 3 is 2.13 bits per heavy atom. The number of carbonyl (C=O) groups is 1. The van der Waals surface area contributed by atoms with Crippen molar-refractivity contribution >= 4 is 16.4 Å². The van der Waals surface area contributed by atoms with Gasteiger partial charge < -0.3 is 10.5 Å². The van der Waals surface area contributed by atoms with Crippen molar-refractivity contribution in [2.24, 2.45) is 5.73 Å². The first-order valence-corrected chi connectivity index (χ1v) is 5.16. The summed E-state index contributed by atoms with van der Waals surface area (Å²) in [5, 5.41) is 0. The Morgan fingerprint density at radius 1 is 1.53 bits per heavy atom. The average Bonchev–Trinajstić information content (AvgIpc) is 2.13. The van der Waals surface area contributed by atoms with Crippen LogP contribution in [0, 0.1) is 0 Å². The summed E-state index contributed by atoms with van der Waals surface area (Å²) >= 11 is 0. The van der Waals surface area contributed by atoms with Crippen LogP contribution in [0.15, 0.2) is 12.2 Å². The van der Waals surface area contributed by atoms with Gasteiger partial charge in [-0.15, -0.1) is 0 Å². The zero-order valence-corrected chi connectivity index (χ0v) is 9.41. The molecular weight excluding hydrogens is 226 g/mol. The van der Waals surface area contributed by atoms with Gasteiger partial charge in [0.15, 0.2) is 0 Å². The summed E-state index contributed by atoms with van der Waals surface area (Å²) in [4.78, 5) is 10.5. The van der Waals surface area contributed by atoms with E-state index < -0.39 is 10.4 Å². The van der Waals surface area contributed by atoms with Crippen molar-refractivity contribution in [1.29, 1.82) is 0 Å². The zero-order chi connectivity index (χ0) is 12.5. The van der Waals surface area contributed by atoms with Gasteiger partial charge in [-0.25, -0.2) is 4.79 Å². The van der Waals surface area contributed by atoms with E-state index in [1.165, 1.54) is 0 Å². The standard InChI is InChI=1S/C6H11NO2.CH4O4S/c1-5(2)6(8)9-4-3-7;1-5-6(2,3)4/h1,3-4,7H2,2H3;1H3,(H,2,3,4). The molecule has 0 aromatic rings. The summed E-state index contributed by atoms with van der Waals surface area (Å²) in [6.07, 6.45) is 0. The van der Waals surface area contributed by atoms with Crippen LogP contribution in [0.3, 0.4) is 0 Å². The lowest BCUT2D eigenvalue weighted by molar-refractivity contribution is -0.138. The number of ether oxygens (including phenoxy) is 1. The van der Waals surface area contributed by atoms with Gasteiger partial charge in [0.2, 0.25) is 0 Å². The SMILES string of the molecule is C=C(C)C(=O)OCCN.COS(=O)(=O)O. The Bertz CT molecular complexity index is 297. The van der Waals surface area contributed by atoms with Crippen LogP contribution in [0.5, 0.6) is 0 Å². The van der Waals surface area contributed by atoms with Crippen molar-refractivity contribution in [2.75, 3.05) is 20.3 Å². The van der Waals surface area contributed by atoms with E-state index in [-0.39, 0.29) is 12.6 Å². The van der Waals surface area contributed by atoms with Crippen LogP contribution in [-0.4, -0.2) is 39.2 Å². The molecule has 0 atom stereocenters. The number of rotatable bonds is 4. The highest BCUT2D eigenvalue weighted by Crippen LogP contribution is 1.89. The Kier molecular flexibility index (Phi) is 9.18. The van der Waals surface area contributed by atoms with Gasteiger partial charge in [0, 0.05) is 12.1 Å². The fourth-order valence-corrected chi connectivity index (χ4v) is 0.275. The lowest BCUT2D eigenvalue weighted by Crippen LogP contribution is -2.13. The number of hydrogen-bond acceptors (Lipinski definition) is 6.